The maximum atomic E-state index is 6.38. The molecule has 1 N–H and O–H groups in total. The average Bonchev–Trinajstić information content (AvgIpc) is 3.47. The van der Waals surface area contributed by atoms with E-state index in [0.29, 0.717) is 0 Å². The van der Waals surface area contributed by atoms with Crippen LogP contribution in [0, 0.1) is 5.92 Å². The molecule has 4 aliphatic rings. The molecule has 1 saturated carbocycles. The fourth-order valence-corrected chi connectivity index (χ4v) is 5.85. The molecule has 3 aliphatic heterocycles. The summed E-state index contributed by atoms with van der Waals surface area (Å²) >= 11 is 8.12. The molecule has 0 atom stereocenters. The van der Waals surface area contributed by atoms with Gasteiger partial charge in [-0.2, -0.15) is 0 Å². The Bertz CT molecular complexity index is 705. The van der Waals surface area contributed by atoms with Gasteiger partial charge >= 0.3 is 0 Å². The van der Waals surface area contributed by atoms with Crippen LogP contribution in [0.2, 0.25) is 4.34 Å². The summed E-state index contributed by atoms with van der Waals surface area (Å²) in [5, 5.41) is 3.79. The molecule has 7 heteroatoms. The van der Waals surface area contributed by atoms with Gasteiger partial charge in [0, 0.05) is 48.9 Å². The fourth-order valence-electron chi connectivity index (χ4n) is 4.54. The Morgan fingerprint density at radius 2 is 1.89 bits per heavy atom. The van der Waals surface area contributed by atoms with Crippen LogP contribution in [0.1, 0.15) is 36.1 Å². The molecule has 0 unspecified atom stereocenters. The topological polar surface area (TPSA) is 31.0 Å². The van der Waals surface area contributed by atoms with E-state index in [1.807, 2.05) is 0 Å². The van der Waals surface area contributed by atoms with Crippen LogP contribution in [-0.4, -0.2) is 73.3 Å². The summed E-state index contributed by atoms with van der Waals surface area (Å²) in [5.74, 6) is 0.974. The van der Waals surface area contributed by atoms with Gasteiger partial charge < -0.3 is 19.9 Å². The highest BCUT2D eigenvalue weighted by Crippen LogP contribution is 2.38. The van der Waals surface area contributed by atoms with Gasteiger partial charge in [-0.05, 0) is 44.2 Å². The van der Waals surface area contributed by atoms with Crippen LogP contribution in [0.3, 0.4) is 0 Å². The van der Waals surface area contributed by atoms with Crippen molar-refractivity contribution in [1.29, 1.82) is 0 Å². The third-order valence-corrected chi connectivity index (χ3v) is 7.67. The number of nitrogens with zero attached hydrogens (tertiary/aromatic N) is 3. The predicted octanol–water partition coefficient (Wildman–Crippen LogP) is 3.27. The number of thiophene rings is 1. The number of morpholine rings is 1. The van der Waals surface area contributed by atoms with Crippen LogP contribution in [-0.2, 0) is 11.3 Å². The lowest BCUT2D eigenvalue weighted by atomic mass is 10.0. The number of halogens is 1. The van der Waals surface area contributed by atoms with Crippen molar-refractivity contribution >= 4 is 28.6 Å². The highest BCUT2D eigenvalue weighted by molar-refractivity contribution is 7.16. The summed E-state index contributed by atoms with van der Waals surface area (Å²) < 4.78 is 6.46. The Morgan fingerprint density at radius 3 is 2.64 bits per heavy atom. The number of fused-ring (bicyclic) bond motifs is 1. The molecule has 2 saturated heterocycles. The molecule has 5 nitrogen and oxygen atoms in total. The monoisotopic (exact) mass is 422 g/mol. The molecule has 5 rings (SSSR count). The zero-order valence-corrected chi connectivity index (χ0v) is 18.1. The van der Waals surface area contributed by atoms with Crippen LogP contribution in [0.25, 0.3) is 5.70 Å². The second-order valence-corrected chi connectivity index (χ2v) is 10.4. The molecule has 1 aromatic heterocycles. The molecule has 0 amide bonds. The van der Waals surface area contributed by atoms with Gasteiger partial charge in [0.15, 0.2) is 0 Å². The summed E-state index contributed by atoms with van der Waals surface area (Å²) in [6, 6.07) is 2.87. The van der Waals surface area contributed by atoms with Crippen molar-refractivity contribution in [3.63, 3.8) is 0 Å². The molecule has 0 radical (unpaired) electrons. The van der Waals surface area contributed by atoms with Crippen molar-refractivity contribution in [2.24, 2.45) is 5.92 Å². The summed E-state index contributed by atoms with van der Waals surface area (Å²) in [4.78, 5) is 8.96. The molecule has 3 fully saturated rings. The Morgan fingerprint density at radius 1 is 1.11 bits per heavy atom. The third-order valence-electron chi connectivity index (χ3n) is 6.42. The first kappa shape index (κ1) is 19.2. The Kier molecular flexibility index (Phi) is 5.84. The minimum atomic E-state index is 0.723. The van der Waals surface area contributed by atoms with Crippen LogP contribution in [0.15, 0.2) is 12.3 Å². The highest BCUT2D eigenvalue weighted by atomic mass is 35.5. The van der Waals surface area contributed by atoms with Crippen LogP contribution in [0.4, 0.5) is 0 Å². The van der Waals surface area contributed by atoms with E-state index in [2.05, 4.69) is 32.3 Å². The first-order valence-corrected chi connectivity index (χ1v) is 12.0. The lowest BCUT2D eigenvalue weighted by Gasteiger charge is -2.39. The molecule has 154 valence electrons. The SMILES string of the molecule is Clc1cc2c(s1)CN(CN1CCC(NCC3CC3)CC1)C=C2N1CCOCC1. The maximum Gasteiger partial charge on any atom is 0.0938 e. The number of nitrogens with one attached hydrogen (secondary N) is 1. The molecule has 1 aliphatic carbocycles. The van der Waals surface area contributed by atoms with Gasteiger partial charge in [-0.3, -0.25) is 4.90 Å². The summed E-state index contributed by atoms with van der Waals surface area (Å²) in [5.41, 5.74) is 2.66. The van der Waals surface area contributed by atoms with Gasteiger partial charge in [-0.25, -0.2) is 0 Å². The van der Waals surface area contributed by atoms with Crippen molar-refractivity contribution < 1.29 is 4.74 Å². The zero-order chi connectivity index (χ0) is 18.9. The van der Waals surface area contributed by atoms with Gasteiger partial charge in [0.25, 0.3) is 0 Å². The summed E-state index contributed by atoms with van der Waals surface area (Å²) in [6.45, 7) is 9.16. The fraction of sp³-hybridized carbons (Fsp3) is 0.714. The van der Waals surface area contributed by atoms with Crippen LogP contribution >= 0.6 is 22.9 Å². The molecule has 1 aromatic rings. The summed E-state index contributed by atoms with van der Waals surface area (Å²) in [7, 11) is 0. The smallest absolute Gasteiger partial charge is 0.0938 e. The highest BCUT2D eigenvalue weighted by Gasteiger charge is 2.28. The number of piperidine rings is 1. The zero-order valence-electron chi connectivity index (χ0n) is 16.5. The van der Waals surface area contributed by atoms with E-state index in [-0.39, 0.29) is 0 Å². The number of ether oxygens (including phenoxy) is 1. The molecule has 28 heavy (non-hydrogen) atoms. The second-order valence-electron chi connectivity index (χ2n) is 8.63. The van der Waals surface area contributed by atoms with Crippen molar-refractivity contribution in [2.75, 3.05) is 52.6 Å². The van der Waals surface area contributed by atoms with Crippen molar-refractivity contribution in [2.45, 2.75) is 38.3 Å². The largest absolute Gasteiger partial charge is 0.378 e. The summed E-state index contributed by atoms with van der Waals surface area (Å²) in [6.07, 6.45) is 7.79. The normalized spacial score (nSPS) is 24.4. The minimum absolute atomic E-state index is 0.723. The van der Waals surface area contributed by atoms with Gasteiger partial charge in [0.2, 0.25) is 0 Å². The molecular formula is C21H31ClN4OS. The van der Waals surface area contributed by atoms with Gasteiger partial charge in [-0.1, -0.05) is 11.6 Å². The van der Waals surface area contributed by atoms with E-state index in [4.69, 9.17) is 16.3 Å². The Hall–Kier alpha value is -0.790. The van der Waals surface area contributed by atoms with E-state index in [1.165, 1.54) is 61.5 Å². The van der Waals surface area contributed by atoms with E-state index in [1.54, 1.807) is 11.3 Å². The number of rotatable bonds is 6. The first-order valence-electron chi connectivity index (χ1n) is 10.8. The average molecular weight is 423 g/mol. The number of likely N-dealkylation sites (tertiary alicyclic amines) is 1. The van der Waals surface area contributed by atoms with Crippen molar-refractivity contribution in [1.82, 2.24) is 20.0 Å². The number of hydrogen-bond donors (Lipinski definition) is 1. The Labute approximate surface area is 177 Å². The maximum absolute atomic E-state index is 6.38. The van der Waals surface area contributed by atoms with Crippen LogP contribution < -0.4 is 5.32 Å². The van der Waals surface area contributed by atoms with Crippen molar-refractivity contribution in [3.05, 3.63) is 27.0 Å². The number of hydrogen-bond acceptors (Lipinski definition) is 6. The van der Waals surface area contributed by atoms with E-state index in [9.17, 15) is 0 Å². The van der Waals surface area contributed by atoms with E-state index >= 15 is 0 Å². The molecule has 0 bridgehead atoms. The quantitative estimate of drug-likeness (QED) is 0.760. The van der Waals surface area contributed by atoms with Crippen LogP contribution in [0.5, 0.6) is 0 Å². The molecule has 4 heterocycles. The molecule has 0 spiro atoms. The Balaban J connectivity index is 1.21. The van der Waals surface area contributed by atoms with Gasteiger partial charge in [0.05, 0.1) is 36.5 Å². The first-order chi connectivity index (χ1) is 13.7. The van der Waals surface area contributed by atoms with E-state index in [0.717, 1.165) is 55.8 Å². The lowest BCUT2D eigenvalue weighted by Crippen LogP contribution is -2.46. The third kappa shape index (κ3) is 4.51. The van der Waals surface area contributed by atoms with Gasteiger partial charge in [0.1, 0.15) is 0 Å². The predicted molar refractivity (Wildman–Crippen MR) is 115 cm³/mol. The second kappa shape index (κ2) is 8.52. The van der Waals surface area contributed by atoms with Crippen molar-refractivity contribution in [3.8, 4) is 0 Å². The molecule has 0 aromatic carbocycles. The minimum Gasteiger partial charge on any atom is -0.378 e. The van der Waals surface area contributed by atoms with Gasteiger partial charge in [-0.15, -0.1) is 11.3 Å². The standard InChI is InChI=1S/C21H31ClN4OS/c22-21-11-18-19(26-7-9-27-10-8-26)13-25(14-20(18)28-21)15-24-5-3-17(4-6-24)23-12-16-1-2-16/h11,13,16-17,23H,1-10,12,14-15H2. The lowest BCUT2D eigenvalue weighted by molar-refractivity contribution is 0.0624. The van der Waals surface area contributed by atoms with E-state index < -0.39 is 0 Å². The molecular weight excluding hydrogens is 392 g/mol.